The van der Waals surface area contributed by atoms with Crippen molar-refractivity contribution in [2.24, 2.45) is 0 Å². The lowest BCUT2D eigenvalue weighted by Gasteiger charge is -2.06. The molecule has 0 spiro atoms. The van der Waals surface area contributed by atoms with Crippen molar-refractivity contribution in [3.8, 4) is 0 Å². The summed E-state index contributed by atoms with van der Waals surface area (Å²) >= 11 is 5.78. The van der Waals surface area contributed by atoms with E-state index in [0.717, 1.165) is 5.56 Å². The molecule has 0 unspecified atom stereocenters. The van der Waals surface area contributed by atoms with Crippen LogP contribution in [0.4, 0.5) is 5.69 Å². The van der Waals surface area contributed by atoms with E-state index in [1.54, 1.807) is 30.3 Å². The first-order valence-corrected chi connectivity index (χ1v) is 9.18. The summed E-state index contributed by atoms with van der Waals surface area (Å²) in [7, 11) is -3.92. The van der Waals surface area contributed by atoms with Crippen LogP contribution in [0.5, 0.6) is 0 Å². The first-order valence-electron chi connectivity index (χ1n) is 7.32. The number of halogens is 1. The molecule has 1 amide bonds. The van der Waals surface area contributed by atoms with Gasteiger partial charge < -0.3 is 10.4 Å². The molecule has 9 heteroatoms. The number of sulfonamides is 1. The number of anilines is 1. The number of amides is 1. The predicted octanol–water partition coefficient (Wildman–Crippen LogP) is 2.35. The summed E-state index contributed by atoms with van der Waals surface area (Å²) in [6.45, 7) is -0.712. The minimum Gasteiger partial charge on any atom is -0.480 e. The Balaban J connectivity index is 1.99. The van der Waals surface area contributed by atoms with Gasteiger partial charge in [0, 0.05) is 16.8 Å². The summed E-state index contributed by atoms with van der Waals surface area (Å²) < 4.78 is 25.7. The van der Waals surface area contributed by atoms with Crippen LogP contribution in [0.25, 0.3) is 6.08 Å². The standard InChI is InChI=1S/C17H15ClN2O5S/c18-13-4-1-12(2-5-13)3-10-16(21)20-14-6-8-15(9-7-14)26(24,25)19-11-17(22)23/h1-10,19H,11H2,(H,20,21)(H,22,23)/b10-3+. The molecule has 0 atom stereocenters. The molecule has 0 saturated heterocycles. The zero-order valence-electron chi connectivity index (χ0n) is 13.3. The highest BCUT2D eigenvalue weighted by atomic mass is 35.5. The second-order valence-corrected chi connectivity index (χ2v) is 7.32. The maximum Gasteiger partial charge on any atom is 0.318 e. The number of aliphatic carboxylic acids is 1. The molecular weight excluding hydrogens is 380 g/mol. The third-order valence-corrected chi connectivity index (χ3v) is 4.81. The molecule has 2 rings (SSSR count). The lowest BCUT2D eigenvalue weighted by atomic mass is 10.2. The van der Waals surface area contributed by atoms with E-state index >= 15 is 0 Å². The van der Waals surface area contributed by atoms with E-state index in [2.05, 4.69) is 5.32 Å². The van der Waals surface area contributed by atoms with Gasteiger partial charge in [0.15, 0.2) is 0 Å². The topological polar surface area (TPSA) is 113 Å². The molecule has 0 aliphatic rings. The summed E-state index contributed by atoms with van der Waals surface area (Å²) in [5.74, 6) is -1.68. The lowest BCUT2D eigenvalue weighted by molar-refractivity contribution is -0.135. The number of benzene rings is 2. The monoisotopic (exact) mass is 394 g/mol. The van der Waals surface area contributed by atoms with Crippen LogP contribution in [0.1, 0.15) is 5.56 Å². The van der Waals surface area contributed by atoms with E-state index in [4.69, 9.17) is 16.7 Å². The van der Waals surface area contributed by atoms with Crippen molar-refractivity contribution >= 4 is 45.3 Å². The Morgan fingerprint density at radius 2 is 1.65 bits per heavy atom. The van der Waals surface area contributed by atoms with Gasteiger partial charge in [-0.25, -0.2) is 8.42 Å². The van der Waals surface area contributed by atoms with Crippen molar-refractivity contribution in [3.05, 3.63) is 65.2 Å². The van der Waals surface area contributed by atoms with Gasteiger partial charge in [-0.05, 0) is 48.0 Å². The number of carbonyl (C=O) groups is 2. The van der Waals surface area contributed by atoms with Crippen LogP contribution in [-0.2, 0) is 19.6 Å². The largest absolute Gasteiger partial charge is 0.480 e. The minimum atomic E-state index is -3.92. The summed E-state index contributed by atoms with van der Waals surface area (Å²) in [6.07, 6.45) is 2.95. The number of carboxylic acid groups (broad SMARTS) is 1. The molecule has 26 heavy (non-hydrogen) atoms. The molecule has 0 aliphatic carbocycles. The number of hydrogen-bond acceptors (Lipinski definition) is 4. The SMILES string of the molecule is O=C(O)CNS(=O)(=O)c1ccc(NC(=O)/C=C/c2ccc(Cl)cc2)cc1. The Morgan fingerprint density at radius 1 is 1.04 bits per heavy atom. The van der Waals surface area contributed by atoms with Gasteiger partial charge in [0.1, 0.15) is 6.54 Å². The highest BCUT2D eigenvalue weighted by Crippen LogP contribution is 2.14. The Morgan fingerprint density at radius 3 is 2.23 bits per heavy atom. The van der Waals surface area contributed by atoms with Gasteiger partial charge in [0.05, 0.1) is 4.90 Å². The molecule has 136 valence electrons. The summed E-state index contributed by atoms with van der Waals surface area (Å²) in [5.41, 5.74) is 1.20. The highest BCUT2D eigenvalue weighted by Gasteiger charge is 2.15. The van der Waals surface area contributed by atoms with Crippen molar-refractivity contribution in [2.45, 2.75) is 4.90 Å². The Kier molecular flexibility index (Phi) is 6.51. The fraction of sp³-hybridized carbons (Fsp3) is 0.0588. The molecule has 0 fully saturated rings. The number of carboxylic acids is 1. The van der Waals surface area contributed by atoms with E-state index in [-0.39, 0.29) is 10.8 Å². The lowest BCUT2D eigenvalue weighted by Crippen LogP contribution is -2.29. The molecule has 0 aromatic heterocycles. The smallest absolute Gasteiger partial charge is 0.318 e. The predicted molar refractivity (Wildman–Crippen MR) is 98.4 cm³/mol. The van der Waals surface area contributed by atoms with Crippen LogP contribution >= 0.6 is 11.6 Å². The van der Waals surface area contributed by atoms with Gasteiger partial charge in [-0.3, -0.25) is 9.59 Å². The Bertz CT molecular complexity index is 923. The Hall–Kier alpha value is -2.68. The van der Waals surface area contributed by atoms with Crippen LogP contribution in [0.3, 0.4) is 0 Å². The van der Waals surface area contributed by atoms with Crippen molar-refractivity contribution in [2.75, 3.05) is 11.9 Å². The molecule has 0 bridgehead atoms. The van der Waals surface area contributed by atoms with Gasteiger partial charge in [0.2, 0.25) is 15.9 Å². The van der Waals surface area contributed by atoms with Crippen LogP contribution in [0, 0.1) is 0 Å². The molecule has 7 nitrogen and oxygen atoms in total. The molecule has 2 aromatic carbocycles. The maximum absolute atomic E-state index is 11.9. The molecule has 0 radical (unpaired) electrons. The highest BCUT2D eigenvalue weighted by molar-refractivity contribution is 7.89. The number of carbonyl (C=O) groups excluding carboxylic acids is 1. The van der Waals surface area contributed by atoms with Crippen LogP contribution < -0.4 is 10.0 Å². The van der Waals surface area contributed by atoms with Crippen LogP contribution in [-0.4, -0.2) is 31.9 Å². The molecule has 0 heterocycles. The third-order valence-electron chi connectivity index (χ3n) is 3.14. The average Bonchev–Trinajstić information content (AvgIpc) is 2.60. The van der Waals surface area contributed by atoms with Gasteiger partial charge >= 0.3 is 5.97 Å². The first kappa shape index (κ1) is 19.6. The Labute approximate surface area is 155 Å². The van der Waals surface area contributed by atoms with E-state index in [1.807, 2.05) is 4.72 Å². The number of nitrogens with one attached hydrogen (secondary N) is 2. The zero-order chi connectivity index (χ0) is 19.2. The molecular formula is C17H15ClN2O5S. The fourth-order valence-electron chi connectivity index (χ4n) is 1.89. The van der Waals surface area contributed by atoms with Crippen LogP contribution in [0.2, 0.25) is 5.02 Å². The molecule has 2 aromatic rings. The van der Waals surface area contributed by atoms with E-state index in [9.17, 15) is 18.0 Å². The summed E-state index contributed by atoms with van der Waals surface area (Å²) in [5, 5.41) is 11.7. The minimum absolute atomic E-state index is 0.103. The molecule has 0 saturated carbocycles. The molecule has 0 aliphatic heterocycles. The third kappa shape index (κ3) is 5.99. The summed E-state index contributed by atoms with van der Waals surface area (Å²) in [4.78, 5) is 22.2. The maximum atomic E-state index is 11.9. The fourth-order valence-corrected chi connectivity index (χ4v) is 2.99. The quantitative estimate of drug-likeness (QED) is 0.624. The van der Waals surface area contributed by atoms with E-state index in [1.165, 1.54) is 30.3 Å². The van der Waals surface area contributed by atoms with Crippen molar-refractivity contribution in [1.82, 2.24) is 4.72 Å². The van der Waals surface area contributed by atoms with Gasteiger partial charge in [0.25, 0.3) is 0 Å². The molecule has 3 N–H and O–H groups in total. The van der Waals surface area contributed by atoms with Crippen LogP contribution in [0.15, 0.2) is 59.5 Å². The van der Waals surface area contributed by atoms with E-state index in [0.29, 0.717) is 10.7 Å². The van der Waals surface area contributed by atoms with Gasteiger partial charge in [-0.2, -0.15) is 4.72 Å². The summed E-state index contributed by atoms with van der Waals surface area (Å²) in [6, 6.07) is 12.3. The van der Waals surface area contributed by atoms with Crippen molar-refractivity contribution in [1.29, 1.82) is 0 Å². The zero-order valence-corrected chi connectivity index (χ0v) is 14.9. The van der Waals surface area contributed by atoms with Gasteiger partial charge in [-0.15, -0.1) is 0 Å². The van der Waals surface area contributed by atoms with Crippen molar-refractivity contribution in [3.63, 3.8) is 0 Å². The van der Waals surface area contributed by atoms with Gasteiger partial charge in [-0.1, -0.05) is 23.7 Å². The second kappa shape index (κ2) is 8.61. The van der Waals surface area contributed by atoms with E-state index < -0.39 is 22.5 Å². The number of hydrogen-bond donors (Lipinski definition) is 3. The second-order valence-electron chi connectivity index (χ2n) is 5.12. The first-order chi connectivity index (χ1) is 12.3. The average molecular weight is 395 g/mol. The number of rotatable bonds is 7. The van der Waals surface area contributed by atoms with Crippen molar-refractivity contribution < 1.29 is 23.1 Å². The normalized spacial score (nSPS) is 11.4.